The molecule has 1 atom stereocenters. The van der Waals surface area contributed by atoms with Crippen molar-refractivity contribution < 1.29 is 4.74 Å². The quantitative estimate of drug-likeness (QED) is 0.685. The van der Waals surface area contributed by atoms with Crippen LogP contribution in [-0.2, 0) is 0 Å². The molecular formula is C12H16N2O. The Morgan fingerprint density at radius 1 is 1.60 bits per heavy atom. The minimum absolute atomic E-state index is 0.200. The lowest BCUT2D eigenvalue weighted by Crippen LogP contribution is -2.11. The molecule has 1 rings (SSSR count). The summed E-state index contributed by atoms with van der Waals surface area (Å²) in [6, 6.07) is 3.46. The van der Waals surface area contributed by atoms with E-state index in [0.29, 0.717) is 5.82 Å². The van der Waals surface area contributed by atoms with E-state index in [1.54, 1.807) is 18.3 Å². The largest absolute Gasteiger partial charge is 0.492 e. The number of aromatic nitrogens is 1. The Kier molecular flexibility index (Phi) is 4.62. The van der Waals surface area contributed by atoms with Crippen LogP contribution in [0.2, 0.25) is 0 Å². The molecule has 1 heterocycles. The van der Waals surface area contributed by atoms with Crippen molar-refractivity contribution >= 4 is 5.82 Å². The fourth-order valence-electron chi connectivity index (χ4n) is 1.32. The Balaban J connectivity index is 2.53. The van der Waals surface area contributed by atoms with Crippen LogP contribution in [0.15, 0.2) is 18.3 Å². The fraction of sp³-hybridized carbons (Fsp3) is 0.500. The minimum Gasteiger partial charge on any atom is -0.492 e. The Bertz CT molecular complexity index is 344. The summed E-state index contributed by atoms with van der Waals surface area (Å²) in [5.41, 5.74) is 0. The highest BCUT2D eigenvalue weighted by molar-refractivity contribution is 5.41. The maximum Gasteiger partial charge on any atom is 0.273 e. The molecule has 0 bridgehead atoms. The van der Waals surface area contributed by atoms with Gasteiger partial charge in [-0.25, -0.2) is 0 Å². The van der Waals surface area contributed by atoms with Crippen LogP contribution in [0, 0.1) is 6.57 Å². The van der Waals surface area contributed by atoms with Crippen molar-refractivity contribution in [2.24, 2.45) is 0 Å². The van der Waals surface area contributed by atoms with Crippen molar-refractivity contribution in [1.29, 1.82) is 0 Å². The monoisotopic (exact) mass is 204 g/mol. The zero-order valence-corrected chi connectivity index (χ0v) is 9.23. The van der Waals surface area contributed by atoms with E-state index in [9.17, 15) is 0 Å². The zero-order chi connectivity index (χ0) is 11.1. The fourth-order valence-corrected chi connectivity index (χ4v) is 1.32. The first-order valence-electron chi connectivity index (χ1n) is 5.26. The van der Waals surface area contributed by atoms with Gasteiger partial charge in [-0.05, 0) is 13.3 Å². The van der Waals surface area contributed by atoms with Crippen molar-refractivity contribution in [3.8, 4) is 5.75 Å². The summed E-state index contributed by atoms with van der Waals surface area (Å²) in [5.74, 6) is 1.12. The third-order valence-corrected chi connectivity index (χ3v) is 2.13. The summed E-state index contributed by atoms with van der Waals surface area (Å²) in [6.45, 7) is 11.1. The van der Waals surface area contributed by atoms with Crippen LogP contribution in [0.25, 0.3) is 4.85 Å². The Hall–Kier alpha value is -1.56. The van der Waals surface area contributed by atoms with Crippen LogP contribution in [0.1, 0.15) is 33.1 Å². The third-order valence-electron chi connectivity index (χ3n) is 2.13. The number of pyridine rings is 1. The van der Waals surface area contributed by atoms with Gasteiger partial charge in [-0.2, -0.15) is 0 Å². The molecule has 0 aromatic carbocycles. The molecular weight excluding hydrogens is 188 g/mol. The highest BCUT2D eigenvalue weighted by Crippen LogP contribution is 2.19. The van der Waals surface area contributed by atoms with E-state index in [2.05, 4.69) is 16.8 Å². The van der Waals surface area contributed by atoms with Crippen LogP contribution < -0.4 is 4.74 Å². The van der Waals surface area contributed by atoms with Gasteiger partial charge in [0.2, 0.25) is 0 Å². The van der Waals surface area contributed by atoms with Gasteiger partial charge in [0.25, 0.3) is 5.82 Å². The smallest absolute Gasteiger partial charge is 0.273 e. The molecule has 0 fully saturated rings. The molecule has 0 N–H and O–H groups in total. The molecule has 1 aromatic rings. The van der Waals surface area contributed by atoms with E-state index in [4.69, 9.17) is 11.3 Å². The van der Waals surface area contributed by atoms with E-state index in [1.807, 2.05) is 6.92 Å². The number of hydrogen-bond acceptors (Lipinski definition) is 2. The maximum absolute atomic E-state index is 6.84. The molecule has 0 saturated carbocycles. The van der Waals surface area contributed by atoms with Crippen molar-refractivity contribution in [2.75, 3.05) is 0 Å². The van der Waals surface area contributed by atoms with Crippen molar-refractivity contribution in [3.63, 3.8) is 0 Å². The van der Waals surface area contributed by atoms with Gasteiger partial charge in [-0.1, -0.05) is 26.3 Å². The Labute approximate surface area is 90.9 Å². The summed E-state index contributed by atoms with van der Waals surface area (Å²) in [5, 5.41) is 0. The van der Waals surface area contributed by atoms with Gasteiger partial charge >= 0.3 is 0 Å². The molecule has 0 radical (unpaired) electrons. The Morgan fingerprint density at radius 2 is 2.40 bits per heavy atom. The van der Waals surface area contributed by atoms with E-state index in [-0.39, 0.29) is 6.10 Å². The van der Waals surface area contributed by atoms with Gasteiger partial charge in [0.1, 0.15) is 11.9 Å². The summed E-state index contributed by atoms with van der Waals surface area (Å²) < 4.78 is 5.68. The summed E-state index contributed by atoms with van der Waals surface area (Å²) in [4.78, 5) is 7.15. The van der Waals surface area contributed by atoms with Gasteiger partial charge in [0.05, 0.1) is 6.10 Å². The highest BCUT2D eigenvalue weighted by Gasteiger charge is 2.04. The van der Waals surface area contributed by atoms with E-state index >= 15 is 0 Å². The van der Waals surface area contributed by atoms with Crippen molar-refractivity contribution in [3.05, 3.63) is 29.7 Å². The summed E-state index contributed by atoms with van der Waals surface area (Å²) in [7, 11) is 0. The SMILES string of the molecule is [C-]#[N+]c1cc(O[C@H](C)CCCC)ccn1. The molecule has 0 aliphatic carbocycles. The maximum atomic E-state index is 6.84. The van der Waals surface area contributed by atoms with Crippen LogP contribution in [0.5, 0.6) is 5.75 Å². The number of unbranched alkanes of at least 4 members (excludes halogenated alkanes) is 1. The van der Waals surface area contributed by atoms with Gasteiger partial charge in [-0.3, -0.25) is 0 Å². The first kappa shape index (κ1) is 11.5. The molecule has 0 aliphatic heterocycles. The van der Waals surface area contributed by atoms with E-state index in [1.165, 1.54) is 12.8 Å². The standard InChI is InChI=1S/C12H16N2O/c1-4-5-6-10(2)15-11-7-8-14-12(9-11)13-3/h7-10H,4-6H2,1-2H3/t10-/m1/s1. The van der Waals surface area contributed by atoms with Gasteiger partial charge in [-0.15, -0.1) is 4.98 Å². The Morgan fingerprint density at radius 3 is 3.07 bits per heavy atom. The van der Waals surface area contributed by atoms with Crippen molar-refractivity contribution in [1.82, 2.24) is 4.98 Å². The molecule has 0 spiro atoms. The second-order valence-electron chi connectivity index (χ2n) is 3.53. The zero-order valence-electron chi connectivity index (χ0n) is 9.23. The molecule has 15 heavy (non-hydrogen) atoms. The molecule has 3 nitrogen and oxygen atoms in total. The molecule has 0 unspecified atom stereocenters. The number of nitrogens with zero attached hydrogens (tertiary/aromatic N) is 2. The van der Waals surface area contributed by atoms with Gasteiger partial charge < -0.3 is 9.58 Å². The predicted molar refractivity (Wildman–Crippen MR) is 60.1 cm³/mol. The molecule has 0 saturated heterocycles. The molecule has 3 heteroatoms. The predicted octanol–water partition coefficient (Wildman–Crippen LogP) is 3.59. The molecule has 1 aromatic heterocycles. The van der Waals surface area contributed by atoms with Crippen molar-refractivity contribution in [2.45, 2.75) is 39.2 Å². The van der Waals surface area contributed by atoms with Gasteiger partial charge in [0, 0.05) is 12.1 Å². The van der Waals surface area contributed by atoms with E-state index in [0.717, 1.165) is 12.2 Å². The molecule has 0 aliphatic rings. The summed E-state index contributed by atoms with van der Waals surface area (Å²) in [6.07, 6.45) is 5.20. The summed E-state index contributed by atoms with van der Waals surface area (Å²) >= 11 is 0. The lowest BCUT2D eigenvalue weighted by Gasteiger charge is -2.13. The van der Waals surface area contributed by atoms with Crippen LogP contribution >= 0.6 is 0 Å². The van der Waals surface area contributed by atoms with E-state index < -0.39 is 0 Å². The number of rotatable bonds is 5. The average Bonchev–Trinajstić information content (AvgIpc) is 2.26. The number of ether oxygens (including phenoxy) is 1. The third kappa shape index (κ3) is 3.99. The number of hydrogen-bond donors (Lipinski definition) is 0. The minimum atomic E-state index is 0.200. The lowest BCUT2D eigenvalue weighted by molar-refractivity contribution is 0.207. The average molecular weight is 204 g/mol. The topological polar surface area (TPSA) is 26.5 Å². The second-order valence-corrected chi connectivity index (χ2v) is 3.53. The highest BCUT2D eigenvalue weighted by atomic mass is 16.5. The normalized spacial score (nSPS) is 11.8. The first-order chi connectivity index (χ1) is 7.26. The molecule has 80 valence electrons. The van der Waals surface area contributed by atoms with Crippen LogP contribution in [-0.4, -0.2) is 11.1 Å². The first-order valence-corrected chi connectivity index (χ1v) is 5.26. The van der Waals surface area contributed by atoms with Gasteiger partial charge in [0.15, 0.2) is 0 Å². The van der Waals surface area contributed by atoms with Crippen LogP contribution in [0.4, 0.5) is 5.82 Å². The lowest BCUT2D eigenvalue weighted by atomic mass is 10.2. The second kappa shape index (κ2) is 6.02. The molecule has 0 amide bonds. The van der Waals surface area contributed by atoms with Crippen LogP contribution in [0.3, 0.4) is 0 Å².